The van der Waals surface area contributed by atoms with Crippen LogP contribution >= 0.6 is 12.6 Å². The van der Waals surface area contributed by atoms with Gasteiger partial charge in [-0.25, -0.2) is 4.79 Å². The molecule has 8 N–H and O–H groups in total. The molecule has 31 heavy (non-hydrogen) atoms. The summed E-state index contributed by atoms with van der Waals surface area (Å²) in [4.78, 5) is 71.9. The van der Waals surface area contributed by atoms with E-state index in [1.165, 1.54) is 0 Å². The largest absolute Gasteiger partial charge is 0.481 e. The number of carbonyl (C=O) groups is 6. The minimum Gasteiger partial charge on any atom is -0.481 e. The normalized spacial score (nSPS) is 18.5. The Morgan fingerprint density at radius 3 is 2.26 bits per heavy atom. The first-order chi connectivity index (χ1) is 14.5. The van der Waals surface area contributed by atoms with Crippen LogP contribution in [0.4, 0.5) is 0 Å². The van der Waals surface area contributed by atoms with Crippen molar-refractivity contribution in [3.63, 3.8) is 0 Å². The van der Waals surface area contributed by atoms with E-state index in [0.29, 0.717) is 6.42 Å². The SMILES string of the molecule is NC(=O)CCC(NC(=O)C1CCCN1C(=O)C(N)CC(=O)O)C(=O)NC(CS)C(=O)O. The van der Waals surface area contributed by atoms with E-state index in [0.717, 1.165) is 4.90 Å². The van der Waals surface area contributed by atoms with Crippen molar-refractivity contribution in [3.05, 3.63) is 0 Å². The first-order valence-corrected chi connectivity index (χ1v) is 10.1. The molecule has 0 saturated carbocycles. The lowest BCUT2D eigenvalue weighted by molar-refractivity contribution is -0.144. The fraction of sp³-hybridized carbons (Fsp3) is 0.647. The number of thiol groups is 1. The average molecular weight is 461 g/mol. The summed E-state index contributed by atoms with van der Waals surface area (Å²) >= 11 is 3.85. The van der Waals surface area contributed by atoms with E-state index in [2.05, 4.69) is 23.3 Å². The van der Waals surface area contributed by atoms with Crippen LogP contribution in [-0.2, 0) is 28.8 Å². The molecule has 4 atom stereocenters. The van der Waals surface area contributed by atoms with E-state index in [9.17, 15) is 28.8 Å². The minimum absolute atomic E-state index is 0.184. The van der Waals surface area contributed by atoms with Crippen LogP contribution in [0.1, 0.15) is 32.1 Å². The van der Waals surface area contributed by atoms with Crippen LogP contribution in [-0.4, -0.2) is 87.1 Å². The molecule has 0 bridgehead atoms. The van der Waals surface area contributed by atoms with E-state index in [1.807, 2.05) is 0 Å². The summed E-state index contributed by atoms with van der Waals surface area (Å²) in [7, 11) is 0. The van der Waals surface area contributed by atoms with Crippen LogP contribution in [0.3, 0.4) is 0 Å². The Morgan fingerprint density at radius 1 is 1.10 bits per heavy atom. The maximum atomic E-state index is 12.8. The van der Waals surface area contributed by atoms with Crippen LogP contribution in [0.5, 0.6) is 0 Å². The third-order valence-electron chi connectivity index (χ3n) is 4.66. The molecule has 14 heteroatoms. The monoisotopic (exact) mass is 461 g/mol. The first kappa shape index (κ1) is 26.2. The number of nitrogens with two attached hydrogens (primary N) is 2. The molecular formula is C17H27N5O8S. The van der Waals surface area contributed by atoms with Gasteiger partial charge in [-0.3, -0.25) is 24.0 Å². The highest BCUT2D eigenvalue weighted by molar-refractivity contribution is 7.80. The van der Waals surface area contributed by atoms with Crippen molar-refractivity contribution in [2.24, 2.45) is 11.5 Å². The highest BCUT2D eigenvalue weighted by atomic mass is 32.1. The predicted molar refractivity (Wildman–Crippen MR) is 109 cm³/mol. The van der Waals surface area contributed by atoms with Gasteiger partial charge in [-0.1, -0.05) is 0 Å². The lowest BCUT2D eigenvalue weighted by Gasteiger charge is -2.28. The maximum absolute atomic E-state index is 12.8. The van der Waals surface area contributed by atoms with Gasteiger partial charge in [0.1, 0.15) is 18.1 Å². The molecule has 1 fully saturated rings. The minimum atomic E-state index is -1.33. The van der Waals surface area contributed by atoms with Gasteiger partial charge in [-0.15, -0.1) is 0 Å². The van der Waals surface area contributed by atoms with Crippen molar-refractivity contribution in [2.45, 2.75) is 56.3 Å². The zero-order valence-corrected chi connectivity index (χ0v) is 17.5. The summed E-state index contributed by atoms with van der Waals surface area (Å²) in [5.41, 5.74) is 10.7. The fourth-order valence-electron chi connectivity index (χ4n) is 3.07. The van der Waals surface area contributed by atoms with Gasteiger partial charge in [0.15, 0.2) is 0 Å². The van der Waals surface area contributed by atoms with Gasteiger partial charge in [-0.2, -0.15) is 12.6 Å². The lowest BCUT2D eigenvalue weighted by atomic mass is 10.1. The quantitative estimate of drug-likeness (QED) is 0.147. The highest BCUT2D eigenvalue weighted by Gasteiger charge is 2.38. The molecule has 0 spiro atoms. The number of likely N-dealkylation sites (tertiary alicyclic amines) is 1. The Balaban J connectivity index is 2.91. The second-order valence-electron chi connectivity index (χ2n) is 7.04. The number of carbonyl (C=O) groups excluding carboxylic acids is 4. The van der Waals surface area contributed by atoms with Crippen LogP contribution in [0.25, 0.3) is 0 Å². The molecule has 1 aliphatic rings. The van der Waals surface area contributed by atoms with E-state index in [1.54, 1.807) is 0 Å². The number of aliphatic carboxylic acids is 2. The number of nitrogens with zero attached hydrogens (tertiary/aromatic N) is 1. The summed E-state index contributed by atoms with van der Waals surface area (Å²) < 4.78 is 0. The molecule has 0 aromatic rings. The molecule has 0 aromatic heterocycles. The van der Waals surface area contributed by atoms with E-state index < -0.39 is 66.2 Å². The molecule has 13 nitrogen and oxygen atoms in total. The van der Waals surface area contributed by atoms with Gasteiger partial charge in [0.05, 0.1) is 12.5 Å². The van der Waals surface area contributed by atoms with E-state index >= 15 is 0 Å². The molecule has 0 aromatic carbocycles. The Bertz CT molecular complexity index is 733. The van der Waals surface area contributed by atoms with Gasteiger partial charge in [-0.05, 0) is 19.3 Å². The number of carboxylic acid groups (broad SMARTS) is 2. The lowest BCUT2D eigenvalue weighted by Crippen LogP contribution is -2.57. The fourth-order valence-corrected chi connectivity index (χ4v) is 3.32. The highest BCUT2D eigenvalue weighted by Crippen LogP contribution is 2.19. The number of hydrogen-bond acceptors (Lipinski definition) is 8. The van der Waals surface area contributed by atoms with Gasteiger partial charge >= 0.3 is 11.9 Å². The molecule has 0 aliphatic carbocycles. The summed E-state index contributed by atoms with van der Waals surface area (Å²) in [6, 6.07) is -4.92. The first-order valence-electron chi connectivity index (χ1n) is 9.48. The van der Waals surface area contributed by atoms with Crippen LogP contribution in [0.15, 0.2) is 0 Å². The molecule has 4 unspecified atom stereocenters. The van der Waals surface area contributed by atoms with Gasteiger partial charge in [0.25, 0.3) is 0 Å². The molecule has 1 saturated heterocycles. The van der Waals surface area contributed by atoms with Crippen molar-refractivity contribution < 1.29 is 39.0 Å². The van der Waals surface area contributed by atoms with Gasteiger partial charge in [0.2, 0.25) is 23.6 Å². The molecule has 1 heterocycles. The Labute approximate surface area is 183 Å². The van der Waals surface area contributed by atoms with Crippen LogP contribution < -0.4 is 22.1 Å². The number of amides is 4. The molecular weight excluding hydrogens is 434 g/mol. The second kappa shape index (κ2) is 12.1. The topological polar surface area (TPSA) is 222 Å². The standard InChI is InChI=1S/C17H27N5O8S/c18-8(6-13(24)25)16(28)22-5-1-2-11(22)15(27)20-9(3-4-12(19)23)14(26)21-10(7-31)17(29)30/h8-11,31H,1-7,18H2,(H2,19,23)(H,20,27)(H,21,26)(H,24,25)(H,29,30). The molecule has 1 rings (SSSR count). The Morgan fingerprint density at radius 2 is 1.74 bits per heavy atom. The molecule has 174 valence electrons. The third-order valence-corrected chi connectivity index (χ3v) is 5.02. The zero-order valence-electron chi connectivity index (χ0n) is 16.7. The Kier molecular flexibility index (Phi) is 10.2. The molecule has 0 radical (unpaired) electrons. The van der Waals surface area contributed by atoms with Crippen molar-refractivity contribution in [3.8, 4) is 0 Å². The maximum Gasteiger partial charge on any atom is 0.327 e. The number of primary amides is 1. The van der Waals surface area contributed by atoms with Gasteiger partial charge < -0.3 is 37.2 Å². The van der Waals surface area contributed by atoms with E-state index in [-0.39, 0.29) is 31.6 Å². The van der Waals surface area contributed by atoms with Crippen LogP contribution in [0.2, 0.25) is 0 Å². The smallest absolute Gasteiger partial charge is 0.327 e. The van der Waals surface area contributed by atoms with Crippen LogP contribution in [0, 0.1) is 0 Å². The number of carboxylic acids is 2. The van der Waals surface area contributed by atoms with Crippen molar-refractivity contribution in [1.82, 2.24) is 15.5 Å². The summed E-state index contributed by atoms with van der Waals surface area (Å²) in [5.74, 6) is -5.80. The van der Waals surface area contributed by atoms with Gasteiger partial charge in [0, 0.05) is 18.7 Å². The zero-order chi connectivity index (χ0) is 23.7. The summed E-state index contributed by atoms with van der Waals surface area (Å²) in [6.07, 6.45) is -0.329. The molecule has 4 amide bonds. The van der Waals surface area contributed by atoms with Crippen molar-refractivity contribution in [2.75, 3.05) is 12.3 Å². The molecule has 1 aliphatic heterocycles. The number of hydrogen-bond donors (Lipinski definition) is 7. The summed E-state index contributed by atoms with van der Waals surface area (Å²) in [6.45, 7) is 0.184. The second-order valence-corrected chi connectivity index (χ2v) is 7.41. The third kappa shape index (κ3) is 8.05. The Hall–Kier alpha value is -2.87. The number of rotatable bonds is 12. The number of nitrogens with one attached hydrogen (secondary N) is 2. The van der Waals surface area contributed by atoms with Crippen molar-refractivity contribution in [1.29, 1.82) is 0 Å². The van der Waals surface area contributed by atoms with Crippen molar-refractivity contribution >= 4 is 48.2 Å². The van der Waals surface area contributed by atoms with E-state index in [4.69, 9.17) is 21.7 Å². The predicted octanol–water partition coefficient (Wildman–Crippen LogP) is -2.97. The average Bonchev–Trinajstić information content (AvgIpc) is 3.17. The summed E-state index contributed by atoms with van der Waals surface area (Å²) in [5, 5.41) is 22.5.